The molecule has 1 aromatic rings. The van der Waals surface area contributed by atoms with Gasteiger partial charge in [0.1, 0.15) is 6.10 Å². The van der Waals surface area contributed by atoms with Crippen LogP contribution < -0.4 is 0 Å². The van der Waals surface area contributed by atoms with Gasteiger partial charge >= 0.3 is 5.97 Å². The fourth-order valence-corrected chi connectivity index (χ4v) is 4.90. The molecular formula is C23H31NO2. The van der Waals surface area contributed by atoms with Crippen LogP contribution in [0.25, 0.3) is 0 Å². The Hall–Kier alpha value is -1.82. The lowest BCUT2D eigenvalue weighted by molar-refractivity contribution is -0.00628. The van der Waals surface area contributed by atoms with Crippen LogP contribution in [0, 0.1) is 29.1 Å². The molecule has 0 unspecified atom stereocenters. The van der Waals surface area contributed by atoms with Crippen LogP contribution >= 0.6 is 0 Å². The molecule has 3 heteroatoms. The molecule has 0 N–H and O–H groups in total. The van der Waals surface area contributed by atoms with Gasteiger partial charge < -0.3 is 4.74 Å². The van der Waals surface area contributed by atoms with Crippen LogP contribution in [-0.2, 0) is 4.74 Å². The van der Waals surface area contributed by atoms with Crippen molar-refractivity contribution in [3.63, 3.8) is 0 Å². The van der Waals surface area contributed by atoms with Crippen molar-refractivity contribution in [2.45, 2.75) is 77.2 Å². The second kappa shape index (κ2) is 9.21. The number of benzene rings is 1. The fourth-order valence-electron chi connectivity index (χ4n) is 4.90. The quantitative estimate of drug-likeness (QED) is 0.474. The first kappa shape index (κ1) is 19.0. The van der Waals surface area contributed by atoms with E-state index in [0.717, 1.165) is 30.6 Å². The molecule has 0 saturated heterocycles. The normalized spacial score (nSPS) is 28.0. The Morgan fingerprint density at radius 2 is 1.81 bits per heavy atom. The van der Waals surface area contributed by atoms with Crippen LogP contribution in [-0.4, -0.2) is 12.1 Å². The molecule has 2 fully saturated rings. The van der Waals surface area contributed by atoms with Gasteiger partial charge in [-0.15, -0.1) is 0 Å². The number of esters is 1. The lowest BCUT2D eigenvalue weighted by Gasteiger charge is -2.42. The Morgan fingerprint density at radius 1 is 1.08 bits per heavy atom. The average molecular weight is 354 g/mol. The van der Waals surface area contributed by atoms with Crippen molar-refractivity contribution < 1.29 is 9.53 Å². The van der Waals surface area contributed by atoms with Crippen molar-refractivity contribution in [2.75, 3.05) is 0 Å². The Bertz CT molecular complexity index is 631. The summed E-state index contributed by atoms with van der Waals surface area (Å²) in [6, 6.07) is 8.80. The molecule has 0 aliphatic heterocycles. The Morgan fingerprint density at radius 3 is 2.54 bits per heavy atom. The summed E-state index contributed by atoms with van der Waals surface area (Å²) in [4.78, 5) is 12.4. The van der Waals surface area contributed by atoms with E-state index in [9.17, 15) is 4.79 Å². The van der Waals surface area contributed by atoms with Gasteiger partial charge in [-0.1, -0.05) is 39.0 Å². The first-order valence-corrected chi connectivity index (χ1v) is 10.4. The summed E-state index contributed by atoms with van der Waals surface area (Å²) >= 11 is 0. The highest BCUT2D eigenvalue weighted by molar-refractivity contribution is 5.89. The minimum atomic E-state index is -0.244. The number of hydrogen-bond acceptors (Lipinski definition) is 3. The lowest BCUT2D eigenvalue weighted by Crippen LogP contribution is -2.35. The van der Waals surface area contributed by atoms with E-state index in [2.05, 4.69) is 13.0 Å². The monoisotopic (exact) mass is 353 g/mol. The molecule has 0 spiro atoms. The van der Waals surface area contributed by atoms with Crippen molar-refractivity contribution >= 4 is 5.97 Å². The van der Waals surface area contributed by atoms with E-state index in [1.807, 2.05) is 0 Å². The van der Waals surface area contributed by atoms with Crippen molar-refractivity contribution in [3.8, 4) is 6.07 Å². The SMILES string of the molecule is CCCCC[C@H]1CC[C@H]2C[C@H](OC(=O)c3ccc(C#N)cc3)CC[C@@H]2C1. The molecule has 0 amide bonds. The summed E-state index contributed by atoms with van der Waals surface area (Å²) in [5.74, 6) is 2.27. The minimum absolute atomic E-state index is 0.0658. The van der Waals surface area contributed by atoms with E-state index < -0.39 is 0 Å². The lowest BCUT2D eigenvalue weighted by atomic mass is 9.66. The molecule has 3 rings (SSSR count). The summed E-state index contributed by atoms with van der Waals surface area (Å²) in [6.07, 6.45) is 12.9. The van der Waals surface area contributed by atoms with Gasteiger partial charge in [-0.25, -0.2) is 4.79 Å². The highest BCUT2D eigenvalue weighted by atomic mass is 16.5. The number of nitrogens with zero attached hydrogens (tertiary/aromatic N) is 1. The summed E-state index contributed by atoms with van der Waals surface area (Å²) in [6.45, 7) is 2.28. The number of unbranched alkanes of at least 4 members (excludes halogenated alkanes) is 2. The van der Waals surface area contributed by atoms with Crippen LogP contribution in [0.15, 0.2) is 24.3 Å². The van der Waals surface area contributed by atoms with Gasteiger partial charge in [0.2, 0.25) is 0 Å². The molecule has 26 heavy (non-hydrogen) atoms. The third-order valence-electron chi connectivity index (χ3n) is 6.41. The number of rotatable bonds is 6. The van der Waals surface area contributed by atoms with E-state index in [1.54, 1.807) is 24.3 Å². The van der Waals surface area contributed by atoms with Gasteiger partial charge in [0.15, 0.2) is 0 Å². The zero-order chi connectivity index (χ0) is 18.4. The number of carbonyl (C=O) groups excluding carboxylic acids is 1. The maximum absolute atomic E-state index is 12.4. The molecule has 3 nitrogen and oxygen atoms in total. The molecular weight excluding hydrogens is 322 g/mol. The van der Waals surface area contributed by atoms with Crippen LogP contribution in [0.5, 0.6) is 0 Å². The standard InChI is InChI=1S/C23H31NO2/c1-2-3-4-5-17-6-11-21-15-22(13-12-20(21)14-17)26-23(25)19-9-7-18(16-24)8-10-19/h7-10,17,20-22H,2-6,11-15H2,1H3/t17-,20+,21-,22+/m0/s1. The van der Waals surface area contributed by atoms with Crippen LogP contribution in [0.4, 0.5) is 0 Å². The molecule has 0 radical (unpaired) electrons. The summed E-state index contributed by atoms with van der Waals surface area (Å²) in [7, 11) is 0. The van der Waals surface area contributed by atoms with Gasteiger partial charge in [0, 0.05) is 0 Å². The maximum atomic E-state index is 12.4. The second-order valence-corrected chi connectivity index (χ2v) is 8.22. The number of hydrogen-bond donors (Lipinski definition) is 0. The van der Waals surface area contributed by atoms with Gasteiger partial charge in [0.25, 0.3) is 0 Å². The number of fused-ring (bicyclic) bond motifs is 1. The molecule has 1 aromatic carbocycles. The fraction of sp³-hybridized carbons (Fsp3) is 0.652. The summed E-state index contributed by atoms with van der Waals surface area (Å²) in [5.41, 5.74) is 1.11. The molecule has 2 aliphatic carbocycles. The van der Waals surface area contributed by atoms with E-state index in [-0.39, 0.29) is 12.1 Å². The minimum Gasteiger partial charge on any atom is -0.459 e. The number of ether oxygens (including phenoxy) is 1. The van der Waals surface area contributed by atoms with Crippen molar-refractivity contribution in [2.24, 2.45) is 17.8 Å². The maximum Gasteiger partial charge on any atom is 0.338 e. The van der Waals surface area contributed by atoms with E-state index in [0.29, 0.717) is 11.1 Å². The molecule has 0 aromatic heterocycles. The molecule has 2 saturated carbocycles. The van der Waals surface area contributed by atoms with Crippen molar-refractivity contribution in [1.29, 1.82) is 5.26 Å². The van der Waals surface area contributed by atoms with Gasteiger partial charge in [0.05, 0.1) is 17.2 Å². The highest BCUT2D eigenvalue weighted by Crippen LogP contribution is 2.44. The molecule has 2 aliphatic rings. The van der Waals surface area contributed by atoms with Gasteiger partial charge in [-0.2, -0.15) is 5.26 Å². The third-order valence-corrected chi connectivity index (χ3v) is 6.41. The average Bonchev–Trinajstić information content (AvgIpc) is 2.68. The third kappa shape index (κ3) is 4.87. The largest absolute Gasteiger partial charge is 0.459 e. The van der Waals surface area contributed by atoms with Crippen molar-refractivity contribution in [1.82, 2.24) is 0 Å². The van der Waals surface area contributed by atoms with Crippen LogP contribution in [0.2, 0.25) is 0 Å². The van der Waals surface area contributed by atoms with E-state index in [1.165, 1.54) is 51.4 Å². The Kier molecular flexibility index (Phi) is 6.72. The second-order valence-electron chi connectivity index (χ2n) is 8.22. The highest BCUT2D eigenvalue weighted by Gasteiger charge is 2.36. The molecule has 0 bridgehead atoms. The number of carbonyl (C=O) groups is 1. The summed E-state index contributed by atoms with van der Waals surface area (Å²) < 4.78 is 5.78. The van der Waals surface area contributed by atoms with Crippen LogP contribution in [0.1, 0.15) is 87.1 Å². The molecule has 140 valence electrons. The van der Waals surface area contributed by atoms with E-state index in [4.69, 9.17) is 10.00 Å². The molecule has 4 atom stereocenters. The first-order valence-electron chi connectivity index (χ1n) is 10.4. The molecule has 0 heterocycles. The van der Waals surface area contributed by atoms with Crippen molar-refractivity contribution in [3.05, 3.63) is 35.4 Å². The zero-order valence-electron chi connectivity index (χ0n) is 16.0. The predicted octanol–water partition coefficient (Wildman–Crippen LogP) is 5.88. The Labute approximate surface area is 157 Å². The zero-order valence-corrected chi connectivity index (χ0v) is 16.0. The van der Waals surface area contributed by atoms with Crippen LogP contribution in [0.3, 0.4) is 0 Å². The smallest absolute Gasteiger partial charge is 0.338 e. The topological polar surface area (TPSA) is 50.1 Å². The van der Waals surface area contributed by atoms with E-state index >= 15 is 0 Å². The predicted molar refractivity (Wildman–Crippen MR) is 103 cm³/mol. The number of nitriles is 1. The first-order chi connectivity index (χ1) is 12.7. The Balaban J connectivity index is 1.47. The summed E-state index contributed by atoms with van der Waals surface area (Å²) in [5, 5.41) is 8.85. The van der Waals surface area contributed by atoms with Gasteiger partial charge in [-0.3, -0.25) is 0 Å². The van der Waals surface area contributed by atoms with Gasteiger partial charge in [-0.05, 0) is 74.1 Å².